The number of carboxylic acid groups (broad SMARTS) is 1. The number of carboxylic acids is 1. The smallest absolute Gasteiger partial charge is 0.300 e. The van der Waals surface area contributed by atoms with Gasteiger partial charge in [0.25, 0.3) is 5.97 Å². The zero-order valence-electron chi connectivity index (χ0n) is 8.76. The van der Waals surface area contributed by atoms with E-state index in [9.17, 15) is 4.79 Å². The number of nitrogens with two attached hydrogens (primary N) is 1. The maximum atomic E-state index is 9.93. The Morgan fingerprint density at radius 1 is 1.31 bits per heavy atom. The molecule has 0 rings (SSSR count). The van der Waals surface area contributed by atoms with Crippen molar-refractivity contribution in [1.82, 2.24) is 5.32 Å². The summed E-state index contributed by atoms with van der Waals surface area (Å²) in [6, 6.07) is 0. The van der Waals surface area contributed by atoms with Crippen LogP contribution in [0.25, 0.3) is 0 Å². The highest BCUT2D eigenvalue weighted by Gasteiger charge is 1.78. The van der Waals surface area contributed by atoms with Crippen LogP contribution in [0.2, 0.25) is 0 Å². The third kappa shape index (κ3) is 239. The van der Waals surface area contributed by atoms with Crippen LogP contribution in [0, 0.1) is 0 Å². The van der Waals surface area contributed by atoms with Crippen molar-refractivity contribution in [2.75, 3.05) is 13.1 Å². The van der Waals surface area contributed by atoms with E-state index in [1.807, 2.05) is 13.8 Å². The molecule has 13 heavy (non-hydrogen) atoms. The molecule has 0 aliphatic carbocycles. The number of rotatable bonds is 1. The van der Waals surface area contributed by atoms with Crippen molar-refractivity contribution in [1.29, 1.82) is 0 Å². The van der Waals surface area contributed by atoms with Crippen molar-refractivity contribution < 1.29 is 14.7 Å². The van der Waals surface area contributed by atoms with E-state index in [2.05, 4.69) is 5.32 Å². The lowest BCUT2D eigenvalue weighted by Crippen LogP contribution is -2.18. The van der Waals surface area contributed by atoms with Crippen molar-refractivity contribution in [2.24, 2.45) is 5.73 Å². The Kier molecular flexibility index (Phi) is 23.5. The summed E-state index contributed by atoms with van der Waals surface area (Å²) in [5.74, 6) is -0.794. The van der Waals surface area contributed by atoms with E-state index in [0.717, 1.165) is 20.0 Å². The van der Waals surface area contributed by atoms with Gasteiger partial charge in [-0.05, 0) is 13.5 Å². The van der Waals surface area contributed by atoms with Crippen LogP contribution in [0.3, 0.4) is 0 Å². The molecule has 0 heterocycles. The van der Waals surface area contributed by atoms with Gasteiger partial charge in [0.1, 0.15) is 0 Å². The quantitative estimate of drug-likeness (QED) is 0.553. The van der Waals surface area contributed by atoms with E-state index in [4.69, 9.17) is 15.6 Å². The molecule has 0 aromatic carbocycles. The lowest BCUT2D eigenvalue weighted by molar-refractivity contribution is -0.134. The van der Waals surface area contributed by atoms with Crippen molar-refractivity contribution in [2.45, 2.75) is 27.7 Å². The highest BCUT2D eigenvalue weighted by molar-refractivity contribution is 5.72. The fourth-order valence-corrected chi connectivity index (χ4v) is 0.249. The van der Waals surface area contributed by atoms with Crippen LogP contribution in [-0.4, -0.2) is 30.1 Å². The van der Waals surface area contributed by atoms with E-state index in [1.165, 1.54) is 6.92 Å². The standard InChI is InChI=1S/C4H9NO.C2H7N.C2H4O2/c1-3-5-4(2)6;1-2-3;1-2(3)4/h3H2,1-2H3,(H,5,6);2-3H2,1H3;1H3,(H,3,4). The Morgan fingerprint density at radius 2 is 1.54 bits per heavy atom. The molecule has 0 fully saturated rings. The molecule has 5 nitrogen and oxygen atoms in total. The van der Waals surface area contributed by atoms with Gasteiger partial charge in [-0.2, -0.15) is 0 Å². The number of nitrogens with one attached hydrogen (secondary N) is 1. The fraction of sp³-hybridized carbons (Fsp3) is 0.750. The lowest BCUT2D eigenvalue weighted by Gasteiger charge is -1.88. The van der Waals surface area contributed by atoms with Gasteiger partial charge < -0.3 is 16.2 Å². The van der Waals surface area contributed by atoms with Gasteiger partial charge in [-0.15, -0.1) is 0 Å². The van der Waals surface area contributed by atoms with Crippen molar-refractivity contribution in [3.63, 3.8) is 0 Å². The Hall–Kier alpha value is -1.10. The summed E-state index contributed by atoms with van der Waals surface area (Å²) in [7, 11) is 0. The molecule has 5 heteroatoms. The SMILES string of the molecule is CC(=O)O.CCN.CCNC(C)=O. The third-order valence-electron chi connectivity index (χ3n) is 0.426. The molecule has 4 N–H and O–H groups in total. The van der Waals surface area contributed by atoms with Crippen LogP contribution >= 0.6 is 0 Å². The minimum Gasteiger partial charge on any atom is -0.481 e. The van der Waals surface area contributed by atoms with Crippen LogP contribution in [0.5, 0.6) is 0 Å². The van der Waals surface area contributed by atoms with Crippen molar-refractivity contribution in [3.05, 3.63) is 0 Å². The third-order valence-corrected chi connectivity index (χ3v) is 0.426. The molecule has 0 saturated heterocycles. The van der Waals surface area contributed by atoms with Crippen LogP contribution in [0.4, 0.5) is 0 Å². The molecule has 0 atom stereocenters. The number of carbonyl (C=O) groups is 2. The van der Waals surface area contributed by atoms with Crippen LogP contribution in [0.15, 0.2) is 0 Å². The molecule has 0 aliphatic rings. The molecule has 0 bridgehead atoms. The minimum atomic E-state index is -0.833. The normalized spacial score (nSPS) is 6.85. The summed E-state index contributed by atoms with van der Waals surface area (Å²) >= 11 is 0. The second-order valence-corrected chi connectivity index (χ2v) is 2.01. The van der Waals surface area contributed by atoms with Crippen LogP contribution in [-0.2, 0) is 9.59 Å². The molecule has 0 unspecified atom stereocenters. The highest BCUT2D eigenvalue weighted by atomic mass is 16.4. The molecule has 0 spiro atoms. The molecule has 80 valence electrons. The van der Waals surface area contributed by atoms with Gasteiger partial charge in [0.2, 0.25) is 5.91 Å². The monoisotopic (exact) mass is 192 g/mol. The summed E-state index contributed by atoms with van der Waals surface area (Å²) < 4.78 is 0. The Morgan fingerprint density at radius 3 is 1.54 bits per heavy atom. The van der Waals surface area contributed by atoms with Gasteiger partial charge in [-0.25, -0.2) is 0 Å². The average molecular weight is 192 g/mol. The van der Waals surface area contributed by atoms with Gasteiger partial charge in [0.15, 0.2) is 0 Å². The van der Waals surface area contributed by atoms with Gasteiger partial charge in [-0.3, -0.25) is 9.59 Å². The zero-order chi connectivity index (χ0) is 11.3. The molecule has 1 amide bonds. The average Bonchev–Trinajstić information content (AvgIpc) is 1.86. The topological polar surface area (TPSA) is 92.4 Å². The Labute approximate surface area is 79.3 Å². The minimum absolute atomic E-state index is 0.0394. The molecule has 0 aliphatic heterocycles. The first-order valence-electron chi connectivity index (χ1n) is 4.06. The summed E-state index contributed by atoms with van der Waals surface area (Å²) in [6.07, 6.45) is 0. The maximum absolute atomic E-state index is 9.93. The molecule has 0 aromatic heterocycles. The summed E-state index contributed by atoms with van der Waals surface area (Å²) in [6.45, 7) is 7.86. The van der Waals surface area contributed by atoms with Crippen LogP contribution in [0.1, 0.15) is 27.7 Å². The van der Waals surface area contributed by atoms with Gasteiger partial charge in [0, 0.05) is 20.4 Å². The van der Waals surface area contributed by atoms with E-state index < -0.39 is 5.97 Å². The first-order valence-corrected chi connectivity index (χ1v) is 4.06. The maximum Gasteiger partial charge on any atom is 0.300 e. The van der Waals surface area contributed by atoms with Gasteiger partial charge in [0.05, 0.1) is 0 Å². The second kappa shape index (κ2) is 17.1. The highest BCUT2D eigenvalue weighted by Crippen LogP contribution is 1.54. The van der Waals surface area contributed by atoms with E-state index in [-0.39, 0.29) is 5.91 Å². The van der Waals surface area contributed by atoms with Crippen molar-refractivity contribution in [3.8, 4) is 0 Å². The zero-order valence-corrected chi connectivity index (χ0v) is 8.76. The van der Waals surface area contributed by atoms with Crippen LogP contribution < -0.4 is 11.1 Å². The number of hydrogen-bond donors (Lipinski definition) is 3. The fourth-order valence-electron chi connectivity index (χ4n) is 0.249. The molecule has 0 radical (unpaired) electrons. The molecule has 0 aromatic rings. The second-order valence-electron chi connectivity index (χ2n) is 2.01. The predicted octanol–water partition coefficient (Wildman–Crippen LogP) is 0.198. The largest absolute Gasteiger partial charge is 0.481 e. The van der Waals surface area contributed by atoms with E-state index in [0.29, 0.717) is 0 Å². The van der Waals surface area contributed by atoms with Crippen molar-refractivity contribution >= 4 is 11.9 Å². The summed E-state index contributed by atoms with van der Waals surface area (Å²) in [5.41, 5.74) is 4.85. The Bertz CT molecular complexity index is 123. The summed E-state index contributed by atoms with van der Waals surface area (Å²) in [5, 5.41) is 9.99. The first-order chi connectivity index (χ1) is 5.92. The lowest BCUT2D eigenvalue weighted by atomic mass is 10.6. The number of carbonyl (C=O) groups excluding carboxylic acids is 1. The van der Waals surface area contributed by atoms with E-state index >= 15 is 0 Å². The Balaban J connectivity index is -0.000000125. The first kappa shape index (κ1) is 17.8. The molecular weight excluding hydrogens is 172 g/mol. The number of hydrogen-bond acceptors (Lipinski definition) is 3. The van der Waals surface area contributed by atoms with Gasteiger partial charge in [-0.1, -0.05) is 6.92 Å². The van der Waals surface area contributed by atoms with E-state index in [1.54, 1.807) is 0 Å². The summed E-state index contributed by atoms with van der Waals surface area (Å²) in [4.78, 5) is 18.9. The number of amides is 1. The van der Waals surface area contributed by atoms with Gasteiger partial charge >= 0.3 is 0 Å². The molecular formula is C8H20N2O3. The predicted molar refractivity (Wildman–Crippen MR) is 52.4 cm³/mol. The number of aliphatic carboxylic acids is 1. The molecule has 0 saturated carbocycles.